The molecule has 6 heteroatoms. The number of carbonyl (C=O) groups excluding carboxylic acids is 3. The van der Waals surface area contributed by atoms with Crippen LogP contribution in [0.5, 0.6) is 0 Å². The summed E-state index contributed by atoms with van der Waals surface area (Å²) in [6.45, 7) is 6.11. The van der Waals surface area contributed by atoms with Crippen molar-refractivity contribution in [3.63, 3.8) is 0 Å². The number of hydrogen-bond donors (Lipinski definition) is 0. The normalized spacial score (nSPS) is 13.7. The molecule has 0 saturated heterocycles. The molecule has 0 aliphatic rings. The molecular formula is C69H100O6. The molecule has 0 unspecified atom stereocenters. The first kappa shape index (κ1) is 69.0. The average molecular weight is 1030 g/mol. The summed E-state index contributed by atoms with van der Waals surface area (Å²) in [4.78, 5) is 38.1. The molecule has 0 aromatic rings. The predicted molar refractivity (Wildman–Crippen MR) is 324 cm³/mol. The van der Waals surface area contributed by atoms with Gasteiger partial charge in [-0.05, 0) is 141 Å². The van der Waals surface area contributed by atoms with Gasteiger partial charge in [-0.15, -0.1) is 0 Å². The lowest BCUT2D eigenvalue weighted by atomic mass is 10.1. The van der Waals surface area contributed by atoms with Gasteiger partial charge < -0.3 is 14.2 Å². The number of hydrogen-bond acceptors (Lipinski definition) is 6. The van der Waals surface area contributed by atoms with E-state index >= 15 is 0 Å². The fourth-order valence-electron chi connectivity index (χ4n) is 6.64. The van der Waals surface area contributed by atoms with Gasteiger partial charge in [0.25, 0.3) is 0 Å². The van der Waals surface area contributed by atoms with Crippen molar-refractivity contribution in [1.82, 2.24) is 0 Å². The first-order chi connectivity index (χ1) is 37.0. The van der Waals surface area contributed by atoms with E-state index in [4.69, 9.17) is 14.2 Å². The first-order valence-corrected chi connectivity index (χ1v) is 28.6. The molecule has 0 aliphatic carbocycles. The molecule has 0 amide bonds. The van der Waals surface area contributed by atoms with E-state index in [0.717, 1.165) is 128 Å². The summed E-state index contributed by atoms with van der Waals surface area (Å²) in [7, 11) is 0. The van der Waals surface area contributed by atoms with Crippen LogP contribution in [-0.2, 0) is 28.6 Å². The zero-order chi connectivity index (χ0) is 54.3. The van der Waals surface area contributed by atoms with Crippen molar-refractivity contribution < 1.29 is 28.6 Å². The molecule has 0 N–H and O–H groups in total. The summed E-state index contributed by atoms with van der Waals surface area (Å²) in [6.07, 6.45) is 94.1. The second kappa shape index (κ2) is 60.5. The molecule has 0 saturated carbocycles. The Balaban J connectivity index is 4.73. The summed E-state index contributed by atoms with van der Waals surface area (Å²) in [5.74, 6) is -1.18. The molecule has 0 radical (unpaired) electrons. The lowest BCUT2D eigenvalue weighted by Gasteiger charge is -2.18. The number of rotatable bonds is 48. The highest BCUT2D eigenvalue weighted by atomic mass is 16.6. The van der Waals surface area contributed by atoms with Crippen LogP contribution in [0.1, 0.15) is 188 Å². The number of ether oxygens (including phenoxy) is 3. The highest BCUT2D eigenvalue weighted by molar-refractivity contribution is 5.71. The van der Waals surface area contributed by atoms with E-state index in [0.29, 0.717) is 19.3 Å². The van der Waals surface area contributed by atoms with Gasteiger partial charge in [-0.2, -0.15) is 0 Å². The first-order valence-electron chi connectivity index (χ1n) is 28.6. The van der Waals surface area contributed by atoms with Crippen molar-refractivity contribution in [2.75, 3.05) is 13.2 Å². The molecule has 0 aromatic heterocycles. The number of carbonyl (C=O) groups is 3. The Bertz CT molecular complexity index is 1900. The Morgan fingerprint density at radius 3 is 0.800 bits per heavy atom. The minimum Gasteiger partial charge on any atom is -0.462 e. The second-order valence-electron chi connectivity index (χ2n) is 17.7. The van der Waals surface area contributed by atoms with Crippen LogP contribution < -0.4 is 0 Å². The highest BCUT2D eigenvalue weighted by Gasteiger charge is 2.19. The Hall–Kier alpha value is -6.01. The maximum Gasteiger partial charge on any atom is 0.306 e. The summed E-state index contributed by atoms with van der Waals surface area (Å²) in [5.41, 5.74) is 0. The van der Waals surface area contributed by atoms with Crippen molar-refractivity contribution in [3.8, 4) is 0 Å². The maximum absolute atomic E-state index is 12.8. The van der Waals surface area contributed by atoms with E-state index in [2.05, 4.69) is 203 Å². The fourth-order valence-corrected chi connectivity index (χ4v) is 6.64. The van der Waals surface area contributed by atoms with E-state index in [1.165, 1.54) is 0 Å². The number of allylic oxidation sites excluding steroid dienone is 34. The van der Waals surface area contributed by atoms with Crippen molar-refractivity contribution in [1.29, 1.82) is 0 Å². The van der Waals surface area contributed by atoms with Gasteiger partial charge in [-0.3, -0.25) is 14.4 Å². The van der Waals surface area contributed by atoms with Crippen LogP contribution in [0.25, 0.3) is 0 Å². The van der Waals surface area contributed by atoms with E-state index in [9.17, 15) is 14.4 Å². The Labute approximate surface area is 458 Å². The van der Waals surface area contributed by atoms with Crippen molar-refractivity contribution in [2.45, 2.75) is 194 Å². The highest BCUT2D eigenvalue weighted by Crippen LogP contribution is 2.09. The van der Waals surface area contributed by atoms with Crippen LogP contribution in [-0.4, -0.2) is 37.2 Å². The monoisotopic (exact) mass is 1020 g/mol. The largest absolute Gasteiger partial charge is 0.462 e. The molecule has 75 heavy (non-hydrogen) atoms. The van der Waals surface area contributed by atoms with Crippen LogP contribution in [0.4, 0.5) is 0 Å². The van der Waals surface area contributed by atoms with Gasteiger partial charge in [-0.1, -0.05) is 234 Å². The van der Waals surface area contributed by atoms with E-state index in [-0.39, 0.29) is 38.4 Å². The van der Waals surface area contributed by atoms with Crippen molar-refractivity contribution >= 4 is 17.9 Å². The molecule has 1 atom stereocenters. The molecule has 0 aromatic carbocycles. The van der Waals surface area contributed by atoms with E-state index in [1.807, 2.05) is 24.3 Å². The topological polar surface area (TPSA) is 78.9 Å². The predicted octanol–water partition coefficient (Wildman–Crippen LogP) is 19.6. The molecule has 0 heterocycles. The third-order valence-corrected chi connectivity index (χ3v) is 10.8. The average Bonchev–Trinajstić information content (AvgIpc) is 3.41. The Morgan fingerprint density at radius 1 is 0.267 bits per heavy atom. The zero-order valence-electron chi connectivity index (χ0n) is 47.0. The fraction of sp³-hybridized carbons (Fsp3) is 0.464. The van der Waals surface area contributed by atoms with Crippen LogP contribution >= 0.6 is 0 Å². The van der Waals surface area contributed by atoms with Crippen LogP contribution in [0, 0.1) is 0 Å². The Kier molecular flexibility index (Phi) is 55.7. The Morgan fingerprint density at radius 2 is 0.507 bits per heavy atom. The quantitative estimate of drug-likeness (QED) is 0.0261. The summed E-state index contributed by atoms with van der Waals surface area (Å²) >= 11 is 0. The molecular weight excluding hydrogens is 925 g/mol. The van der Waals surface area contributed by atoms with Crippen LogP contribution in [0.15, 0.2) is 207 Å². The minimum absolute atomic E-state index is 0.162. The molecule has 0 fully saturated rings. The SMILES string of the molecule is CC/C=C\C/C=C\C/C=C\C/C=C\C/C=C\C/C=C\CCC(=O)OC[C@H](COC(=O)CCCCC/C=C\C/C=C\C/C=C\C/C=C\C/C=C\CC)OC(=O)CC/C=C\C/C=C\C/C=C\C/C=C\C/C=C\C/C=C\CC. The van der Waals surface area contributed by atoms with Crippen molar-refractivity contribution in [2.24, 2.45) is 0 Å². The summed E-state index contributed by atoms with van der Waals surface area (Å²) < 4.78 is 16.7. The lowest BCUT2D eigenvalue weighted by molar-refractivity contribution is -0.166. The molecule has 0 aliphatic heterocycles. The smallest absolute Gasteiger partial charge is 0.306 e. The maximum atomic E-state index is 12.8. The third kappa shape index (κ3) is 58.7. The van der Waals surface area contributed by atoms with Gasteiger partial charge in [0, 0.05) is 19.3 Å². The molecule has 412 valence electrons. The molecule has 0 rings (SSSR count). The molecule has 0 bridgehead atoms. The van der Waals surface area contributed by atoms with Crippen LogP contribution in [0.3, 0.4) is 0 Å². The number of unbranched alkanes of at least 4 members (excludes halogenated alkanes) is 3. The molecule has 6 nitrogen and oxygen atoms in total. The summed E-state index contributed by atoms with van der Waals surface area (Å²) in [6, 6.07) is 0. The summed E-state index contributed by atoms with van der Waals surface area (Å²) in [5, 5.41) is 0. The van der Waals surface area contributed by atoms with Gasteiger partial charge in [0.05, 0.1) is 0 Å². The van der Waals surface area contributed by atoms with Gasteiger partial charge in [0.1, 0.15) is 13.2 Å². The van der Waals surface area contributed by atoms with Gasteiger partial charge in [-0.25, -0.2) is 0 Å². The van der Waals surface area contributed by atoms with E-state index < -0.39 is 18.0 Å². The number of esters is 3. The van der Waals surface area contributed by atoms with Gasteiger partial charge >= 0.3 is 17.9 Å². The lowest BCUT2D eigenvalue weighted by Crippen LogP contribution is -2.30. The molecule has 0 spiro atoms. The van der Waals surface area contributed by atoms with Gasteiger partial charge in [0.15, 0.2) is 6.10 Å². The zero-order valence-corrected chi connectivity index (χ0v) is 47.0. The van der Waals surface area contributed by atoms with E-state index in [1.54, 1.807) is 0 Å². The standard InChI is InChI=1S/C69H100O6/c1-4-7-10-13-16-19-22-25-28-31-34-37-40-43-46-49-52-55-58-61-67(70)73-64-66(75-69(72)63-60-57-54-51-48-45-42-39-36-33-30-27-24-21-18-15-12-9-6-3)65-74-68(71)62-59-56-53-50-47-44-41-38-35-32-29-26-23-20-17-14-11-8-5-2/h7-12,16-21,25-30,34-39,43-48,52,54-55,57,66H,4-6,13-15,22-24,31-33,40-42,49-51,53,56,58-65H2,1-3H3/b10-7-,11-8-,12-9-,19-16-,20-17-,21-18-,28-25-,29-26-,30-27-,37-34-,38-35-,39-36-,46-43-,47-44-,48-45-,55-52-,57-54-/t66-/m1/s1. The third-order valence-electron chi connectivity index (χ3n) is 10.8. The van der Waals surface area contributed by atoms with Gasteiger partial charge in [0.2, 0.25) is 0 Å². The minimum atomic E-state index is -0.878. The second-order valence-corrected chi connectivity index (χ2v) is 17.7. The van der Waals surface area contributed by atoms with Crippen LogP contribution in [0.2, 0.25) is 0 Å². The van der Waals surface area contributed by atoms with Crippen molar-refractivity contribution in [3.05, 3.63) is 207 Å².